The van der Waals surface area contributed by atoms with Crippen LogP contribution < -0.4 is 11.1 Å². The lowest BCUT2D eigenvalue weighted by atomic mass is 9.86. The van der Waals surface area contributed by atoms with Gasteiger partial charge in [0.25, 0.3) is 0 Å². The predicted octanol–water partition coefficient (Wildman–Crippen LogP) is 2.10. The molecule has 1 aliphatic rings. The smallest absolute Gasteiger partial charge is 0.0940 e. The van der Waals surface area contributed by atoms with Gasteiger partial charge in [-0.25, -0.2) is 4.98 Å². The number of hydrogen-bond donors (Lipinski definition) is 2. The highest BCUT2D eigenvalue weighted by Gasteiger charge is 2.17. The first-order chi connectivity index (χ1) is 8.24. The Labute approximate surface area is 108 Å². The molecule has 96 valence electrons. The fourth-order valence-corrected chi connectivity index (χ4v) is 3.19. The number of thiazole rings is 1. The summed E-state index contributed by atoms with van der Waals surface area (Å²) in [5, 5.41) is 6.93. The lowest BCUT2D eigenvalue weighted by Gasteiger charge is -2.26. The first-order valence-electron chi connectivity index (χ1n) is 6.61. The SMILES string of the molecule is Cc1csc(CCNCC2CCC(N)CC2)n1. The Hall–Kier alpha value is -0.450. The van der Waals surface area contributed by atoms with Crippen molar-refractivity contribution in [2.75, 3.05) is 13.1 Å². The van der Waals surface area contributed by atoms with E-state index in [4.69, 9.17) is 5.73 Å². The van der Waals surface area contributed by atoms with E-state index in [1.165, 1.54) is 30.7 Å². The first kappa shape index (κ1) is 13.0. The Balaban J connectivity index is 1.57. The van der Waals surface area contributed by atoms with Crippen molar-refractivity contribution in [1.82, 2.24) is 10.3 Å². The number of aromatic nitrogens is 1. The molecule has 0 saturated heterocycles. The third-order valence-electron chi connectivity index (χ3n) is 3.51. The van der Waals surface area contributed by atoms with Gasteiger partial charge in [0.05, 0.1) is 5.01 Å². The molecule has 0 aliphatic heterocycles. The summed E-state index contributed by atoms with van der Waals surface area (Å²) >= 11 is 1.77. The molecule has 1 heterocycles. The third kappa shape index (κ3) is 4.37. The van der Waals surface area contributed by atoms with E-state index in [0.29, 0.717) is 6.04 Å². The van der Waals surface area contributed by atoms with Crippen molar-refractivity contribution in [3.63, 3.8) is 0 Å². The van der Waals surface area contributed by atoms with E-state index in [1.807, 2.05) is 0 Å². The zero-order valence-corrected chi connectivity index (χ0v) is 11.4. The molecule has 2 rings (SSSR count). The lowest BCUT2D eigenvalue weighted by Crippen LogP contribution is -2.32. The van der Waals surface area contributed by atoms with E-state index in [1.54, 1.807) is 11.3 Å². The van der Waals surface area contributed by atoms with E-state index < -0.39 is 0 Å². The Bertz CT molecular complexity index is 329. The Kier molecular flexibility index (Phi) is 4.95. The van der Waals surface area contributed by atoms with Crippen LogP contribution in [0.2, 0.25) is 0 Å². The van der Waals surface area contributed by atoms with Crippen LogP contribution in [0, 0.1) is 12.8 Å². The van der Waals surface area contributed by atoms with Crippen LogP contribution in [0.3, 0.4) is 0 Å². The number of nitrogens with one attached hydrogen (secondary N) is 1. The van der Waals surface area contributed by atoms with Gasteiger partial charge < -0.3 is 11.1 Å². The summed E-state index contributed by atoms with van der Waals surface area (Å²) in [6, 6.07) is 0.463. The molecule has 0 amide bonds. The molecule has 0 radical (unpaired) electrons. The molecular formula is C13H23N3S. The van der Waals surface area contributed by atoms with Crippen LogP contribution in [0.15, 0.2) is 5.38 Å². The summed E-state index contributed by atoms with van der Waals surface area (Å²) in [7, 11) is 0. The number of rotatable bonds is 5. The van der Waals surface area contributed by atoms with Crippen molar-refractivity contribution in [3.05, 3.63) is 16.1 Å². The molecule has 1 fully saturated rings. The zero-order valence-electron chi connectivity index (χ0n) is 10.6. The molecule has 17 heavy (non-hydrogen) atoms. The average Bonchev–Trinajstić information content (AvgIpc) is 2.73. The first-order valence-corrected chi connectivity index (χ1v) is 7.49. The normalized spacial score (nSPS) is 25.1. The number of hydrogen-bond acceptors (Lipinski definition) is 4. The molecule has 0 spiro atoms. The molecule has 1 aliphatic carbocycles. The predicted molar refractivity (Wildman–Crippen MR) is 73.4 cm³/mol. The summed E-state index contributed by atoms with van der Waals surface area (Å²) in [5.41, 5.74) is 7.05. The summed E-state index contributed by atoms with van der Waals surface area (Å²) in [5.74, 6) is 0.841. The molecule has 0 unspecified atom stereocenters. The minimum atomic E-state index is 0.463. The highest BCUT2D eigenvalue weighted by molar-refractivity contribution is 7.09. The fraction of sp³-hybridized carbons (Fsp3) is 0.769. The van der Waals surface area contributed by atoms with E-state index in [-0.39, 0.29) is 0 Å². The van der Waals surface area contributed by atoms with Crippen molar-refractivity contribution < 1.29 is 0 Å². The van der Waals surface area contributed by atoms with Gasteiger partial charge in [-0.1, -0.05) is 0 Å². The standard InChI is InChI=1S/C13H23N3S/c1-10-9-17-13(16-10)6-7-15-8-11-2-4-12(14)5-3-11/h9,11-12,15H,2-8,14H2,1H3. The van der Waals surface area contributed by atoms with Crippen LogP contribution in [-0.2, 0) is 6.42 Å². The van der Waals surface area contributed by atoms with E-state index >= 15 is 0 Å². The van der Waals surface area contributed by atoms with Gasteiger partial charge in [0.1, 0.15) is 0 Å². The van der Waals surface area contributed by atoms with Gasteiger partial charge in [0, 0.05) is 30.1 Å². The molecule has 1 aromatic heterocycles. The third-order valence-corrected chi connectivity index (χ3v) is 4.53. The number of nitrogens with two attached hydrogens (primary N) is 1. The van der Waals surface area contributed by atoms with Crippen molar-refractivity contribution in [1.29, 1.82) is 0 Å². The Morgan fingerprint density at radius 1 is 1.41 bits per heavy atom. The van der Waals surface area contributed by atoms with Gasteiger partial charge in [-0.15, -0.1) is 11.3 Å². The Morgan fingerprint density at radius 3 is 2.82 bits per heavy atom. The van der Waals surface area contributed by atoms with Crippen molar-refractivity contribution >= 4 is 11.3 Å². The van der Waals surface area contributed by atoms with Crippen LogP contribution in [0.5, 0.6) is 0 Å². The van der Waals surface area contributed by atoms with Crippen molar-refractivity contribution in [2.45, 2.75) is 45.1 Å². The van der Waals surface area contributed by atoms with Crippen molar-refractivity contribution in [2.24, 2.45) is 11.7 Å². The van der Waals surface area contributed by atoms with Gasteiger partial charge in [-0.05, 0) is 45.1 Å². The van der Waals surface area contributed by atoms with Gasteiger partial charge >= 0.3 is 0 Å². The molecule has 0 atom stereocenters. The highest BCUT2D eigenvalue weighted by atomic mass is 32.1. The summed E-state index contributed by atoms with van der Waals surface area (Å²) < 4.78 is 0. The maximum Gasteiger partial charge on any atom is 0.0940 e. The summed E-state index contributed by atoms with van der Waals surface area (Å²) in [6.07, 6.45) is 6.07. The van der Waals surface area contributed by atoms with Crippen LogP contribution in [-0.4, -0.2) is 24.1 Å². The Morgan fingerprint density at radius 2 is 2.18 bits per heavy atom. The van der Waals surface area contributed by atoms with Crippen LogP contribution in [0.1, 0.15) is 36.4 Å². The van der Waals surface area contributed by atoms with E-state index in [0.717, 1.165) is 31.1 Å². The molecule has 1 aromatic rings. The molecule has 4 heteroatoms. The monoisotopic (exact) mass is 253 g/mol. The number of nitrogens with zero attached hydrogens (tertiary/aromatic N) is 1. The van der Waals surface area contributed by atoms with Gasteiger partial charge in [0.2, 0.25) is 0 Å². The van der Waals surface area contributed by atoms with E-state index in [9.17, 15) is 0 Å². The second-order valence-corrected chi connectivity index (χ2v) is 6.06. The topological polar surface area (TPSA) is 50.9 Å². The molecule has 1 saturated carbocycles. The molecular weight excluding hydrogens is 230 g/mol. The minimum absolute atomic E-state index is 0.463. The van der Waals surface area contributed by atoms with Crippen LogP contribution in [0.4, 0.5) is 0 Å². The van der Waals surface area contributed by atoms with Gasteiger partial charge in [-0.2, -0.15) is 0 Å². The lowest BCUT2D eigenvalue weighted by molar-refractivity contribution is 0.315. The second kappa shape index (κ2) is 6.47. The fourth-order valence-electron chi connectivity index (χ4n) is 2.41. The molecule has 0 bridgehead atoms. The van der Waals surface area contributed by atoms with Gasteiger partial charge in [-0.3, -0.25) is 0 Å². The van der Waals surface area contributed by atoms with E-state index in [2.05, 4.69) is 22.6 Å². The number of aryl methyl sites for hydroxylation is 1. The molecule has 3 nitrogen and oxygen atoms in total. The average molecular weight is 253 g/mol. The zero-order chi connectivity index (χ0) is 12.1. The van der Waals surface area contributed by atoms with Crippen LogP contribution in [0.25, 0.3) is 0 Å². The maximum absolute atomic E-state index is 5.90. The second-order valence-electron chi connectivity index (χ2n) is 5.12. The largest absolute Gasteiger partial charge is 0.328 e. The van der Waals surface area contributed by atoms with Gasteiger partial charge in [0.15, 0.2) is 0 Å². The quantitative estimate of drug-likeness (QED) is 0.790. The molecule has 0 aromatic carbocycles. The van der Waals surface area contributed by atoms with Crippen LogP contribution >= 0.6 is 11.3 Å². The highest BCUT2D eigenvalue weighted by Crippen LogP contribution is 2.22. The maximum atomic E-state index is 5.90. The van der Waals surface area contributed by atoms with Crippen molar-refractivity contribution in [3.8, 4) is 0 Å². The minimum Gasteiger partial charge on any atom is -0.328 e. The summed E-state index contributed by atoms with van der Waals surface area (Å²) in [4.78, 5) is 4.47. The summed E-state index contributed by atoms with van der Waals surface area (Å²) in [6.45, 7) is 4.26. The molecule has 3 N–H and O–H groups in total.